The molecule has 0 fully saturated rings. The van der Waals surface area contributed by atoms with Crippen molar-refractivity contribution in [2.75, 3.05) is 20.7 Å². The SMILES string of the molecule is CCN(C)C(=O)Oc1ccc2ccn(CCC(=O)OC)c2c1. The Balaban J connectivity index is 2.17. The summed E-state index contributed by atoms with van der Waals surface area (Å²) in [5.41, 5.74) is 0.911. The lowest BCUT2D eigenvalue weighted by Crippen LogP contribution is -2.29. The van der Waals surface area contributed by atoms with E-state index >= 15 is 0 Å². The third kappa shape index (κ3) is 3.58. The molecule has 118 valence electrons. The van der Waals surface area contributed by atoms with Crippen molar-refractivity contribution in [3.05, 3.63) is 30.5 Å². The van der Waals surface area contributed by atoms with Gasteiger partial charge in [0, 0.05) is 32.4 Å². The summed E-state index contributed by atoms with van der Waals surface area (Å²) in [6.45, 7) is 2.97. The van der Waals surface area contributed by atoms with Crippen LogP contribution < -0.4 is 4.74 Å². The highest BCUT2D eigenvalue weighted by atomic mass is 16.6. The number of amides is 1. The largest absolute Gasteiger partial charge is 0.469 e. The zero-order valence-corrected chi connectivity index (χ0v) is 13.0. The number of esters is 1. The summed E-state index contributed by atoms with van der Waals surface area (Å²) < 4.78 is 11.9. The van der Waals surface area contributed by atoms with E-state index in [9.17, 15) is 9.59 Å². The van der Waals surface area contributed by atoms with Gasteiger partial charge in [0.05, 0.1) is 19.0 Å². The van der Waals surface area contributed by atoms with Gasteiger partial charge in [0.15, 0.2) is 0 Å². The van der Waals surface area contributed by atoms with Crippen LogP contribution in [0.2, 0.25) is 0 Å². The molecule has 1 aromatic heterocycles. The number of benzene rings is 1. The molecule has 0 bridgehead atoms. The molecule has 1 amide bonds. The molecule has 0 aliphatic rings. The number of rotatable bonds is 5. The summed E-state index contributed by atoms with van der Waals surface area (Å²) in [6, 6.07) is 7.40. The van der Waals surface area contributed by atoms with E-state index in [4.69, 9.17) is 4.74 Å². The van der Waals surface area contributed by atoms with Crippen LogP contribution in [0.4, 0.5) is 4.79 Å². The Hall–Kier alpha value is -2.50. The van der Waals surface area contributed by atoms with Crippen LogP contribution in [0.25, 0.3) is 10.9 Å². The Labute approximate surface area is 129 Å². The van der Waals surface area contributed by atoms with Crippen molar-refractivity contribution >= 4 is 23.0 Å². The first-order valence-electron chi connectivity index (χ1n) is 7.13. The first-order chi connectivity index (χ1) is 10.5. The number of aromatic nitrogens is 1. The van der Waals surface area contributed by atoms with E-state index in [1.807, 2.05) is 29.8 Å². The Bertz CT molecular complexity index is 678. The number of carbonyl (C=O) groups is 2. The molecule has 0 aliphatic heterocycles. The summed E-state index contributed by atoms with van der Waals surface area (Å²) >= 11 is 0. The fourth-order valence-electron chi connectivity index (χ4n) is 2.04. The lowest BCUT2D eigenvalue weighted by Gasteiger charge is -2.14. The molecule has 1 aromatic carbocycles. The second-order valence-corrected chi connectivity index (χ2v) is 4.94. The van der Waals surface area contributed by atoms with E-state index in [2.05, 4.69) is 4.74 Å². The van der Waals surface area contributed by atoms with E-state index in [1.54, 1.807) is 19.2 Å². The molecule has 2 aromatic rings. The maximum Gasteiger partial charge on any atom is 0.414 e. The van der Waals surface area contributed by atoms with Gasteiger partial charge in [0.25, 0.3) is 0 Å². The van der Waals surface area contributed by atoms with Gasteiger partial charge in [-0.3, -0.25) is 4.79 Å². The number of aryl methyl sites for hydroxylation is 1. The molecule has 0 saturated heterocycles. The van der Waals surface area contributed by atoms with Crippen LogP contribution in [0.5, 0.6) is 5.75 Å². The van der Waals surface area contributed by atoms with Crippen molar-refractivity contribution in [3.63, 3.8) is 0 Å². The van der Waals surface area contributed by atoms with Crippen LogP contribution in [0.15, 0.2) is 30.5 Å². The van der Waals surface area contributed by atoms with E-state index in [-0.39, 0.29) is 5.97 Å². The fraction of sp³-hybridized carbons (Fsp3) is 0.375. The number of ether oxygens (including phenoxy) is 2. The van der Waals surface area contributed by atoms with Crippen molar-refractivity contribution in [1.82, 2.24) is 9.47 Å². The minimum absolute atomic E-state index is 0.256. The van der Waals surface area contributed by atoms with Gasteiger partial charge in [-0.05, 0) is 30.5 Å². The average Bonchev–Trinajstić information content (AvgIpc) is 2.94. The Morgan fingerprint density at radius 1 is 1.27 bits per heavy atom. The maximum absolute atomic E-state index is 11.8. The van der Waals surface area contributed by atoms with E-state index < -0.39 is 6.09 Å². The highest BCUT2D eigenvalue weighted by Crippen LogP contribution is 2.23. The molecule has 22 heavy (non-hydrogen) atoms. The molecule has 2 rings (SSSR count). The van der Waals surface area contributed by atoms with E-state index in [0.717, 1.165) is 10.9 Å². The van der Waals surface area contributed by atoms with Crippen LogP contribution >= 0.6 is 0 Å². The van der Waals surface area contributed by atoms with Crippen molar-refractivity contribution in [3.8, 4) is 5.75 Å². The standard InChI is InChI=1S/C16H20N2O4/c1-4-17(2)16(20)22-13-6-5-12-7-9-18(14(12)11-13)10-8-15(19)21-3/h5-7,9,11H,4,8,10H2,1-3H3. The van der Waals surface area contributed by atoms with E-state index in [1.165, 1.54) is 12.0 Å². The highest BCUT2D eigenvalue weighted by molar-refractivity contribution is 5.83. The summed E-state index contributed by atoms with van der Waals surface area (Å²) in [4.78, 5) is 24.5. The first-order valence-corrected chi connectivity index (χ1v) is 7.13. The zero-order valence-electron chi connectivity index (χ0n) is 13.0. The Kier molecular flexibility index (Phi) is 5.04. The second-order valence-electron chi connectivity index (χ2n) is 4.94. The van der Waals surface area contributed by atoms with Crippen LogP contribution in [-0.2, 0) is 16.1 Å². The van der Waals surface area contributed by atoms with Crippen molar-refractivity contribution in [2.24, 2.45) is 0 Å². The summed E-state index contributed by atoms with van der Waals surface area (Å²) in [6.07, 6.45) is 1.80. The van der Waals surface area contributed by atoms with Gasteiger partial charge in [-0.2, -0.15) is 0 Å². The lowest BCUT2D eigenvalue weighted by molar-refractivity contribution is -0.140. The van der Waals surface area contributed by atoms with Gasteiger partial charge in [-0.15, -0.1) is 0 Å². The van der Waals surface area contributed by atoms with Crippen LogP contribution in [0, 0.1) is 0 Å². The highest BCUT2D eigenvalue weighted by Gasteiger charge is 2.11. The molecular weight excluding hydrogens is 284 g/mol. The topological polar surface area (TPSA) is 60.8 Å². The summed E-state index contributed by atoms with van der Waals surface area (Å²) in [5.74, 6) is 0.227. The molecule has 0 N–H and O–H groups in total. The Morgan fingerprint density at radius 3 is 2.73 bits per heavy atom. The molecule has 0 spiro atoms. The predicted molar refractivity (Wildman–Crippen MR) is 82.9 cm³/mol. The van der Waals surface area contributed by atoms with Crippen molar-refractivity contribution in [1.29, 1.82) is 0 Å². The predicted octanol–water partition coefficient (Wildman–Crippen LogP) is 2.65. The van der Waals surface area contributed by atoms with Gasteiger partial charge in [0.2, 0.25) is 0 Å². The lowest BCUT2D eigenvalue weighted by atomic mass is 10.2. The maximum atomic E-state index is 11.8. The van der Waals surface area contributed by atoms with Crippen molar-refractivity contribution < 1.29 is 19.1 Å². The molecule has 6 heteroatoms. The Morgan fingerprint density at radius 2 is 2.05 bits per heavy atom. The average molecular weight is 304 g/mol. The fourth-order valence-corrected chi connectivity index (χ4v) is 2.04. The quantitative estimate of drug-likeness (QED) is 0.797. The molecule has 0 saturated carbocycles. The molecule has 0 aliphatic carbocycles. The van der Waals surface area contributed by atoms with Crippen LogP contribution in [-0.4, -0.2) is 42.2 Å². The first kappa shape index (κ1) is 15.9. The van der Waals surface area contributed by atoms with Gasteiger partial charge < -0.3 is 18.9 Å². The van der Waals surface area contributed by atoms with Gasteiger partial charge in [-0.25, -0.2) is 4.79 Å². The number of fused-ring (bicyclic) bond motifs is 1. The smallest absolute Gasteiger partial charge is 0.414 e. The van der Waals surface area contributed by atoms with Gasteiger partial charge in [0.1, 0.15) is 5.75 Å². The van der Waals surface area contributed by atoms with Crippen molar-refractivity contribution in [2.45, 2.75) is 19.9 Å². The molecule has 0 unspecified atom stereocenters. The minimum atomic E-state index is -0.394. The monoisotopic (exact) mass is 304 g/mol. The number of nitrogens with zero attached hydrogens (tertiary/aromatic N) is 2. The summed E-state index contributed by atoms with van der Waals surface area (Å²) in [5, 5.41) is 1.02. The number of methoxy groups -OCH3 is 1. The van der Waals surface area contributed by atoms with Gasteiger partial charge >= 0.3 is 12.1 Å². The van der Waals surface area contributed by atoms with Gasteiger partial charge in [-0.1, -0.05) is 0 Å². The zero-order chi connectivity index (χ0) is 16.1. The summed E-state index contributed by atoms with van der Waals surface area (Å²) in [7, 11) is 3.05. The van der Waals surface area contributed by atoms with Crippen LogP contribution in [0.3, 0.4) is 0 Å². The molecule has 6 nitrogen and oxygen atoms in total. The molecular formula is C16H20N2O4. The number of carbonyl (C=O) groups excluding carboxylic acids is 2. The number of hydrogen-bond acceptors (Lipinski definition) is 4. The molecule has 0 radical (unpaired) electrons. The van der Waals surface area contributed by atoms with E-state index in [0.29, 0.717) is 25.3 Å². The minimum Gasteiger partial charge on any atom is -0.469 e. The third-order valence-corrected chi connectivity index (χ3v) is 3.52. The second kappa shape index (κ2) is 6.98. The van der Waals surface area contributed by atoms with Crippen LogP contribution in [0.1, 0.15) is 13.3 Å². The molecule has 1 heterocycles. The third-order valence-electron chi connectivity index (χ3n) is 3.52. The number of hydrogen-bond donors (Lipinski definition) is 0. The normalized spacial score (nSPS) is 10.5. The molecule has 0 atom stereocenters.